The first-order valence-corrected chi connectivity index (χ1v) is 35.1. The molecule has 0 saturated carbocycles. The summed E-state index contributed by atoms with van der Waals surface area (Å²) in [6.07, 6.45) is -0.328. The Bertz CT molecular complexity index is 2670. The van der Waals surface area contributed by atoms with Gasteiger partial charge in [-0.15, -0.1) is 0 Å². The lowest BCUT2D eigenvalue weighted by Gasteiger charge is -2.35. The second kappa shape index (κ2) is 45.3. The Labute approximate surface area is 588 Å². The second-order valence-electron chi connectivity index (χ2n) is 28.4. The van der Waals surface area contributed by atoms with Crippen molar-refractivity contribution in [2.24, 2.45) is 47.3 Å². The van der Waals surface area contributed by atoms with Crippen LogP contribution in [0.25, 0.3) is 0 Å². The molecule has 0 aliphatic rings. The topological polar surface area (TPSA) is 410 Å². The largest absolute Gasteiger partial charge is 0.480 e. The van der Waals surface area contributed by atoms with Gasteiger partial charge in [-0.25, -0.2) is 4.79 Å². The molecule has 0 bridgehead atoms. The van der Waals surface area contributed by atoms with Crippen LogP contribution in [0.5, 0.6) is 0 Å². The van der Waals surface area contributed by atoms with E-state index in [1.165, 1.54) is 63.8 Å². The number of aliphatic hydroxyl groups excluding tert-OH is 1. The number of rotatable bonds is 46. The summed E-state index contributed by atoms with van der Waals surface area (Å²) in [7, 11) is 7.00. The third kappa shape index (κ3) is 30.9. The van der Waals surface area contributed by atoms with Gasteiger partial charge in [0, 0.05) is 74.2 Å². The summed E-state index contributed by atoms with van der Waals surface area (Å²) in [6.45, 7) is 30.5. The van der Waals surface area contributed by atoms with E-state index in [-0.39, 0.29) is 94.4 Å². The molecule has 0 aliphatic heterocycles. The zero-order valence-electron chi connectivity index (χ0n) is 63.5. The van der Waals surface area contributed by atoms with Crippen LogP contribution in [0, 0.1) is 47.3 Å². The maximum Gasteiger partial charge on any atom is 0.326 e. The predicted molar refractivity (Wildman–Crippen MR) is 374 cm³/mol. The first-order valence-electron chi connectivity index (χ1n) is 35.1. The van der Waals surface area contributed by atoms with Crippen LogP contribution in [0.3, 0.4) is 0 Å². The number of carbonyl (C=O) groups excluding carboxylic acids is 13. The summed E-state index contributed by atoms with van der Waals surface area (Å²) in [6, 6.07) is -11.3. The molecule has 14 atom stereocenters. The van der Waals surface area contributed by atoms with Gasteiger partial charge in [-0.05, 0) is 80.5 Å². The van der Waals surface area contributed by atoms with Crippen LogP contribution >= 0.6 is 0 Å². The standard InChI is InChI=1S/C69H125N13O17/c1-24-42(14)55(68(96)80(20)57(41(12)13)64(92)73-45(17)60(88)70-30-27-50(84)75-48(34-38(6)7)66(94)82(22)59(69(97)98)44(16)26-3)76-52(86)29-32-72-63(91)58(43(15)25-2)81(21)65(93)47(33-37(4)5)74-51(85)28-31-71-62(90)56(46(18)83)78-61(89)49(35-39(8)9)79(19)67(95)54(40(10)11)77-53(87)36-99-23/h37-49,54-59,83H,24-36H2,1-23H3,(H,70,88)(H,71,90)(H,72,91)(H,73,92)(H,74,85)(H,75,84)(H,76,86)(H,77,87)(H,78,89)(H,97,98)/t42-,43-,44-,45-,46+,47+,48+,49+,54-,55+,56-,57-,58-,59+/m0/s1. The zero-order valence-corrected chi connectivity index (χ0v) is 63.5. The van der Waals surface area contributed by atoms with E-state index in [0.29, 0.717) is 19.3 Å². The Morgan fingerprint density at radius 3 is 1.18 bits per heavy atom. The van der Waals surface area contributed by atoms with Crippen LogP contribution in [0.1, 0.15) is 182 Å². The number of aliphatic hydroxyl groups is 1. The molecule has 568 valence electrons. The van der Waals surface area contributed by atoms with E-state index in [1.54, 1.807) is 48.5 Å². The van der Waals surface area contributed by atoms with Crippen LogP contribution in [-0.4, -0.2) is 241 Å². The zero-order chi connectivity index (χ0) is 76.6. The molecule has 0 aliphatic carbocycles. The number of nitrogens with one attached hydrogen (secondary N) is 9. The molecule has 0 radical (unpaired) electrons. The average molecular weight is 1410 g/mol. The Hall–Kier alpha value is -7.50. The van der Waals surface area contributed by atoms with Gasteiger partial charge in [0.05, 0.1) is 6.10 Å². The lowest BCUT2D eigenvalue weighted by Crippen LogP contribution is -2.60. The van der Waals surface area contributed by atoms with E-state index < -0.39 is 167 Å². The predicted octanol–water partition coefficient (Wildman–Crippen LogP) is 1.44. The highest BCUT2D eigenvalue weighted by atomic mass is 16.5. The van der Waals surface area contributed by atoms with Crippen molar-refractivity contribution < 1.29 is 82.1 Å². The molecule has 0 rings (SSSR count). The average Bonchev–Trinajstić information content (AvgIpc) is 0.850. The minimum Gasteiger partial charge on any atom is -0.480 e. The normalized spacial score (nSPS) is 15.7. The van der Waals surface area contributed by atoms with Gasteiger partial charge in [0.2, 0.25) is 76.8 Å². The summed E-state index contributed by atoms with van der Waals surface area (Å²) in [5, 5.41) is 44.6. The second-order valence-corrected chi connectivity index (χ2v) is 28.4. The monoisotopic (exact) mass is 1410 g/mol. The van der Waals surface area contributed by atoms with Crippen molar-refractivity contribution in [1.82, 2.24) is 67.5 Å². The van der Waals surface area contributed by atoms with Gasteiger partial charge in [-0.1, -0.05) is 130 Å². The van der Waals surface area contributed by atoms with E-state index in [4.69, 9.17) is 4.74 Å². The molecule has 0 spiro atoms. The lowest BCUT2D eigenvalue weighted by molar-refractivity contribution is -0.152. The van der Waals surface area contributed by atoms with Crippen LogP contribution in [-0.2, 0) is 71.9 Å². The third-order valence-corrected chi connectivity index (χ3v) is 17.7. The number of aliphatic carboxylic acids is 1. The molecule has 0 heterocycles. The van der Waals surface area contributed by atoms with E-state index in [9.17, 15) is 77.3 Å². The maximum atomic E-state index is 14.4. The molecular formula is C69H125N13O17. The van der Waals surface area contributed by atoms with Crippen LogP contribution in [0.4, 0.5) is 0 Å². The molecular weight excluding hydrogens is 1280 g/mol. The fourth-order valence-corrected chi connectivity index (χ4v) is 11.4. The van der Waals surface area contributed by atoms with Gasteiger partial charge in [0.15, 0.2) is 0 Å². The number of carboxylic acid groups (broad SMARTS) is 1. The molecule has 0 fully saturated rings. The van der Waals surface area contributed by atoms with E-state index in [0.717, 1.165) is 4.90 Å². The molecule has 13 amide bonds. The number of likely N-dealkylation sites (N-methyl/N-ethyl adjacent to an activating group) is 4. The van der Waals surface area contributed by atoms with Gasteiger partial charge in [-0.3, -0.25) is 62.3 Å². The summed E-state index contributed by atoms with van der Waals surface area (Å²) in [5.41, 5.74) is 0. The molecule has 0 saturated heterocycles. The quantitative estimate of drug-likeness (QED) is 0.0411. The van der Waals surface area contributed by atoms with Gasteiger partial charge >= 0.3 is 5.97 Å². The molecule has 30 heteroatoms. The van der Waals surface area contributed by atoms with E-state index in [2.05, 4.69) is 47.9 Å². The Kier molecular flexibility index (Phi) is 41.9. The molecule has 99 heavy (non-hydrogen) atoms. The Morgan fingerprint density at radius 2 is 0.778 bits per heavy atom. The minimum atomic E-state index is -1.51. The van der Waals surface area contributed by atoms with E-state index in [1.807, 2.05) is 62.3 Å². The highest BCUT2D eigenvalue weighted by Crippen LogP contribution is 2.22. The molecule has 0 aromatic rings. The molecule has 0 unspecified atom stereocenters. The number of hydrogen-bond donors (Lipinski definition) is 11. The molecule has 11 N–H and O–H groups in total. The lowest BCUT2D eigenvalue weighted by atomic mass is 9.95. The summed E-state index contributed by atoms with van der Waals surface area (Å²) < 4.78 is 4.89. The number of carbonyl (C=O) groups is 14. The van der Waals surface area contributed by atoms with Crippen LogP contribution in [0.2, 0.25) is 0 Å². The summed E-state index contributed by atoms with van der Waals surface area (Å²) in [5.74, 6) is -11.6. The maximum absolute atomic E-state index is 14.4. The Balaban J connectivity index is 6.07. The molecule has 0 aromatic carbocycles. The van der Waals surface area contributed by atoms with Crippen molar-refractivity contribution in [3.8, 4) is 0 Å². The summed E-state index contributed by atoms with van der Waals surface area (Å²) in [4.78, 5) is 194. The smallest absolute Gasteiger partial charge is 0.326 e. The summed E-state index contributed by atoms with van der Waals surface area (Å²) >= 11 is 0. The Morgan fingerprint density at radius 1 is 0.384 bits per heavy atom. The minimum absolute atomic E-state index is 0.0352. The number of nitrogens with zero attached hydrogens (tertiary/aromatic N) is 4. The van der Waals surface area contributed by atoms with Gasteiger partial charge in [0.25, 0.3) is 0 Å². The van der Waals surface area contributed by atoms with Crippen molar-refractivity contribution in [2.75, 3.05) is 61.5 Å². The SMILES string of the molecule is CC[C@H](C)[C@@H](C(=O)NCCC(=O)N[C@@H](C(=O)N(C)[C@H](C(=O)N[C@@H](C)C(=O)NCCC(=O)N[C@H](CC(C)C)C(=O)N(C)[C@@H](C(=O)O)[C@@H](C)CC)C(C)C)[C@@H](C)CC)N(C)C(=O)[C@@H](CC(C)C)NC(=O)CCNC(=O)[C@@H](NC(=O)[C@@H](CC(C)C)N(C)C(=O)[C@@H](NC(=O)COC)C(C)C)[C@@H](C)O. The first-order chi connectivity index (χ1) is 46.0. The number of amides is 13. The number of methoxy groups -OCH3 is 1. The fraction of sp³-hybridized carbons (Fsp3) is 0.797. The fourth-order valence-electron chi connectivity index (χ4n) is 11.4. The van der Waals surface area contributed by atoms with Crippen molar-refractivity contribution in [3.05, 3.63) is 0 Å². The van der Waals surface area contributed by atoms with E-state index >= 15 is 0 Å². The highest BCUT2D eigenvalue weighted by Gasteiger charge is 2.41. The van der Waals surface area contributed by atoms with Crippen molar-refractivity contribution in [1.29, 1.82) is 0 Å². The number of carboxylic acids is 1. The third-order valence-electron chi connectivity index (χ3n) is 17.7. The number of hydrogen-bond acceptors (Lipinski definition) is 16. The van der Waals surface area contributed by atoms with Gasteiger partial charge in [-0.2, -0.15) is 0 Å². The van der Waals surface area contributed by atoms with Crippen LogP contribution < -0.4 is 47.9 Å². The number of ether oxygens (including phenoxy) is 1. The highest BCUT2D eigenvalue weighted by molar-refractivity contribution is 5.97. The van der Waals surface area contributed by atoms with Gasteiger partial charge < -0.3 is 82.4 Å². The van der Waals surface area contributed by atoms with Crippen molar-refractivity contribution in [3.63, 3.8) is 0 Å². The molecule has 0 aromatic heterocycles. The van der Waals surface area contributed by atoms with Crippen LogP contribution in [0.15, 0.2) is 0 Å². The molecule has 30 nitrogen and oxygen atoms in total. The van der Waals surface area contributed by atoms with Crippen molar-refractivity contribution >= 4 is 82.8 Å². The van der Waals surface area contributed by atoms with Crippen molar-refractivity contribution in [2.45, 2.75) is 249 Å². The van der Waals surface area contributed by atoms with Gasteiger partial charge in [0.1, 0.15) is 67.0 Å². The first kappa shape index (κ1) is 91.5.